The van der Waals surface area contributed by atoms with E-state index in [0.29, 0.717) is 9.75 Å². The number of aryl methyl sites for hydroxylation is 2. The van der Waals surface area contributed by atoms with E-state index in [4.69, 9.17) is 0 Å². The molecule has 0 atom stereocenters. The average Bonchev–Trinajstić information content (AvgIpc) is 2.90. The van der Waals surface area contributed by atoms with E-state index in [-0.39, 0.29) is 21.3 Å². The molecule has 0 bridgehead atoms. The predicted molar refractivity (Wildman–Crippen MR) is 81.2 cm³/mol. The van der Waals surface area contributed by atoms with E-state index in [0.717, 1.165) is 9.75 Å². The summed E-state index contributed by atoms with van der Waals surface area (Å²) in [5, 5.41) is 0. The summed E-state index contributed by atoms with van der Waals surface area (Å²) in [6.45, 7) is 3.61. The molecule has 0 fully saturated rings. The fraction of sp³-hybridized carbons (Fsp3) is 0.333. The van der Waals surface area contributed by atoms with Gasteiger partial charge in [-0.1, -0.05) is 0 Å². The summed E-state index contributed by atoms with van der Waals surface area (Å²) < 4.78 is 49.0. The molecular weight excluding hydrogens is 336 g/mol. The van der Waals surface area contributed by atoms with Crippen LogP contribution in [0.3, 0.4) is 0 Å². The van der Waals surface area contributed by atoms with Gasteiger partial charge in [-0.3, -0.25) is 0 Å². The molecule has 20 heavy (non-hydrogen) atoms. The maximum atomic E-state index is 12.3. The zero-order valence-electron chi connectivity index (χ0n) is 10.8. The summed E-state index contributed by atoms with van der Waals surface area (Å²) >= 11 is 2.73. The Morgan fingerprint density at radius 3 is 2.05 bits per heavy atom. The van der Waals surface area contributed by atoms with E-state index in [1.165, 1.54) is 22.7 Å². The topological polar surface area (TPSA) is 68.3 Å². The Morgan fingerprint density at radius 2 is 1.50 bits per heavy atom. The lowest BCUT2D eigenvalue weighted by Gasteiger charge is -2.14. The lowest BCUT2D eigenvalue weighted by molar-refractivity contribution is 0.576. The highest BCUT2D eigenvalue weighted by Crippen LogP contribution is 2.46. The minimum Gasteiger partial charge on any atom is -0.224 e. The van der Waals surface area contributed by atoms with Gasteiger partial charge in [0.15, 0.2) is 19.7 Å². The van der Waals surface area contributed by atoms with Gasteiger partial charge in [0.05, 0.1) is 21.3 Å². The standard InChI is InChI=1S/C12H12O4S4/c1-7-3-4-9(17-7)10-12-11(8(2)18-10)19(13,14)5-6-20(12,15)16/h3-4H,5-6H2,1-2H3. The van der Waals surface area contributed by atoms with Crippen LogP contribution in [-0.4, -0.2) is 28.3 Å². The number of thiophene rings is 2. The number of hydrogen-bond acceptors (Lipinski definition) is 6. The van der Waals surface area contributed by atoms with Crippen LogP contribution in [-0.2, 0) is 19.7 Å². The van der Waals surface area contributed by atoms with Crippen LogP contribution in [0.25, 0.3) is 9.75 Å². The molecule has 2 aromatic heterocycles. The molecule has 0 N–H and O–H groups in total. The Balaban J connectivity index is 2.42. The van der Waals surface area contributed by atoms with Gasteiger partial charge in [0.1, 0.15) is 4.90 Å². The molecule has 2 aromatic rings. The maximum absolute atomic E-state index is 12.3. The third kappa shape index (κ3) is 2.05. The van der Waals surface area contributed by atoms with Crippen LogP contribution in [0.1, 0.15) is 9.75 Å². The molecule has 0 spiro atoms. The van der Waals surface area contributed by atoms with Crippen molar-refractivity contribution in [3.63, 3.8) is 0 Å². The largest absolute Gasteiger partial charge is 0.224 e. The summed E-state index contributed by atoms with van der Waals surface area (Å²) in [5.74, 6) is -0.640. The third-order valence-electron chi connectivity index (χ3n) is 3.19. The SMILES string of the molecule is Cc1ccc(-c2sc(C)c3c2S(=O)(=O)CCS3(=O)=O)s1. The molecule has 0 radical (unpaired) electrons. The zero-order valence-corrected chi connectivity index (χ0v) is 14.1. The van der Waals surface area contributed by atoms with Gasteiger partial charge in [-0.2, -0.15) is 0 Å². The van der Waals surface area contributed by atoms with Crippen LogP contribution < -0.4 is 0 Å². The van der Waals surface area contributed by atoms with Gasteiger partial charge in [-0.15, -0.1) is 22.7 Å². The lowest BCUT2D eigenvalue weighted by Crippen LogP contribution is -2.25. The van der Waals surface area contributed by atoms with E-state index in [9.17, 15) is 16.8 Å². The quantitative estimate of drug-likeness (QED) is 0.794. The summed E-state index contributed by atoms with van der Waals surface area (Å²) in [6.07, 6.45) is 0. The van der Waals surface area contributed by atoms with Crippen molar-refractivity contribution in [2.45, 2.75) is 23.6 Å². The first-order valence-corrected chi connectivity index (χ1v) is 10.8. The second-order valence-corrected chi connectivity index (χ2v) is 11.3. The monoisotopic (exact) mass is 348 g/mol. The van der Waals surface area contributed by atoms with Crippen molar-refractivity contribution >= 4 is 42.3 Å². The summed E-state index contributed by atoms with van der Waals surface area (Å²) in [6, 6.07) is 3.76. The molecule has 0 aliphatic carbocycles. The van der Waals surface area contributed by atoms with Crippen molar-refractivity contribution in [3.05, 3.63) is 21.9 Å². The minimum absolute atomic E-state index is 0.0214. The second kappa shape index (κ2) is 4.40. The van der Waals surface area contributed by atoms with Crippen molar-refractivity contribution in [2.75, 3.05) is 11.5 Å². The van der Waals surface area contributed by atoms with E-state index in [1.807, 2.05) is 19.1 Å². The van der Waals surface area contributed by atoms with Crippen LogP contribution in [0.2, 0.25) is 0 Å². The smallest absolute Gasteiger partial charge is 0.182 e. The van der Waals surface area contributed by atoms with E-state index in [2.05, 4.69) is 0 Å². The highest BCUT2D eigenvalue weighted by atomic mass is 32.2. The first-order chi connectivity index (χ1) is 9.22. The molecule has 8 heteroatoms. The Bertz CT molecular complexity index is 897. The van der Waals surface area contributed by atoms with E-state index >= 15 is 0 Å². The molecule has 0 unspecified atom stereocenters. The first-order valence-electron chi connectivity index (χ1n) is 5.88. The van der Waals surface area contributed by atoms with Gasteiger partial charge < -0.3 is 0 Å². The number of fused-ring (bicyclic) bond motifs is 1. The molecule has 0 saturated heterocycles. The van der Waals surface area contributed by atoms with Gasteiger partial charge in [-0.25, -0.2) is 16.8 Å². The fourth-order valence-electron chi connectivity index (χ4n) is 2.29. The predicted octanol–water partition coefficient (Wildman–Crippen LogP) is 2.65. The first kappa shape index (κ1) is 14.2. The van der Waals surface area contributed by atoms with Crippen molar-refractivity contribution in [1.29, 1.82) is 0 Å². The van der Waals surface area contributed by atoms with Gasteiger partial charge in [0.25, 0.3) is 0 Å². The van der Waals surface area contributed by atoms with Crippen LogP contribution in [0.15, 0.2) is 21.9 Å². The maximum Gasteiger partial charge on any atom is 0.182 e. The summed E-state index contributed by atoms with van der Waals surface area (Å²) in [7, 11) is -7.01. The van der Waals surface area contributed by atoms with Crippen LogP contribution in [0.4, 0.5) is 0 Å². The molecule has 0 saturated carbocycles. The molecule has 4 nitrogen and oxygen atoms in total. The zero-order chi connectivity index (χ0) is 14.7. The molecular formula is C12H12O4S4. The Morgan fingerprint density at radius 1 is 0.900 bits per heavy atom. The normalized spacial score (nSPS) is 19.7. The molecule has 1 aliphatic rings. The van der Waals surface area contributed by atoms with E-state index in [1.54, 1.807) is 6.92 Å². The molecule has 3 rings (SSSR count). The second-order valence-electron chi connectivity index (χ2n) is 4.69. The highest BCUT2D eigenvalue weighted by molar-refractivity contribution is 7.98. The Hall–Kier alpha value is -0.700. The third-order valence-corrected chi connectivity index (χ3v) is 9.77. The number of rotatable bonds is 1. The average molecular weight is 348 g/mol. The van der Waals surface area contributed by atoms with Crippen molar-refractivity contribution in [3.8, 4) is 9.75 Å². The lowest BCUT2D eigenvalue weighted by atomic mass is 10.3. The summed E-state index contributed by atoms with van der Waals surface area (Å²) in [5.41, 5.74) is 0. The minimum atomic E-state index is -3.52. The van der Waals surface area contributed by atoms with Crippen LogP contribution in [0, 0.1) is 13.8 Å². The highest BCUT2D eigenvalue weighted by Gasteiger charge is 2.39. The summed E-state index contributed by atoms with van der Waals surface area (Å²) in [4.78, 5) is 3.06. The van der Waals surface area contributed by atoms with Crippen molar-refractivity contribution < 1.29 is 16.8 Å². The number of sulfone groups is 2. The molecule has 108 valence electrons. The van der Waals surface area contributed by atoms with Crippen LogP contribution in [0.5, 0.6) is 0 Å². The van der Waals surface area contributed by atoms with Crippen molar-refractivity contribution in [2.24, 2.45) is 0 Å². The van der Waals surface area contributed by atoms with Crippen LogP contribution >= 0.6 is 22.7 Å². The molecule has 0 amide bonds. The van der Waals surface area contributed by atoms with Gasteiger partial charge in [-0.05, 0) is 26.0 Å². The van der Waals surface area contributed by atoms with Gasteiger partial charge in [0, 0.05) is 14.6 Å². The molecule has 1 aliphatic heterocycles. The van der Waals surface area contributed by atoms with Gasteiger partial charge in [0.2, 0.25) is 0 Å². The Kier molecular flexibility index (Phi) is 3.13. The Labute approximate surface area is 125 Å². The number of hydrogen-bond donors (Lipinski definition) is 0. The fourth-order valence-corrected chi connectivity index (χ4v) is 10.0. The van der Waals surface area contributed by atoms with Crippen molar-refractivity contribution in [1.82, 2.24) is 0 Å². The van der Waals surface area contributed by atoms with Gasteiger partial charge >= 0.3 is 0 Å². The molecule has 0 aromatic carbocycles. The van der Waals surface area contributed by atoms with E-state index < -0.39 is 19.7 Å². The molecule has 3 heterocycles.